The standard InChI is InChI=1S/C15H27N3O4S/c16-23(20,21)11-12-8-15(19)18(9-12)13-3-5-17(6-4-13)10-14-2-1-7-22-14/h12-14H,1-11H2,(H2,16,20,21). The fraction of sp³-hybridized carbons (Fsp3) is 0.933. The number of rotatable bonds is 5. The minimum absolute atomic E-state index is 0.0798. The van der Waals surface area contributed by atoms with Gasteiger partial charge in [0, 0.05) is 51.2 Å². The number of amides is 1. The van der Waals surface area contributed by atoms with Gasteiger partial charge >= 0.3 is 0 Å². The van der Waals surface area contributed by atoms with E-state index in [9.17, 15) is 13.2 Å². The largest absolute Gasteiger partial charge is 0.377 e. The second-order valence-corrected chi connectivity index (χ2v) is 8.77. The van der Waals surface area contributed by atoms with Crippen LogP contribution in [0.2, 0.25) is 0 Å². The summed E-state index contributed by atoms with van der Waals surface area (Å²) in [7, 11) is -3.51. The minimum Gasteiger partial charge on any atom is -0.377 e. The van der Waals surface area contributed by atoms with Crippen LogP contribution in [0.15, 0.2) is 0 Å². The predicted octanol–water partition coefficient (Wildman–Crippen LogP) is -0.233. The highest BCUT2D eigenvalue weighted by molar-refractivity contribution is 7.89. The SMILES string of the molecule is NS(=O)(=O)CC1CC(=O)N(C2CCN(CC3CCCO3)CC2)C1. The number of nitrogens with zero attached hydrogens (tertiary/aromatic N) is 2. The van der Waals surface area contributed by atoms with Crippen LogP contribution >= 0.6 is 0 Å². The lowest BCUT2D eigenvalue weighted by atomic mass is 10.0. The third-order valence-corrected chi connectivity index (χ3v) is 6.13. The van der Waals surface area contributed by atoms with Gasteiger partial charge in [0.2, 0.25) is 15.9 Å². The molecule has 8 heteroatoms. The van der Waals surface area contributed by atoms with Gasteiger partial charge in [-0.3, -0.25) is 4.79 Å². The van der Waals surface area contributed by atoms with Crippen molar-refractivity contribution in [1.29, 1.82) is 0 Å². The van der Waals surface area contributed by atoms with Crippen LogP contribution in [-0.2, 0) is 19.6 Å². The summed E-state index contributed by atoms with van der Waals surface area (Å²) in [5.41, 5.74) is 0. The number of carbonyl (C=O) groups is 1. The van der Waals surface area contributed by atoms with Gasteiger partial charge in [-0.25, -0.2) is 13.6 Å². The molecule has 0 aromatic rings. The van der Waals surface area contributed by atoms with Crippen LogP contribution in [0.4, 0.5) is 0 Å². The molecule has 3 saturated heterocycles. The van der Waals surface area contributed by atoms with Gasteiger partial charge in [-0.15, -0.1) is 0 Å². The summed E-state index contributed by atoms with van der Waals surface area (Å²) in [4.78, 5) is 16.5. The maximum absolute atomic E-state index is 12.2. The molecule has 0 saturated carbocycles. The van der Waals surface area contributed by atoms with Crippen LogP contribution in [0.1, 0.15) is 32.1 Å². The molecule has 0 spiro atoms. The maximum Gasteiger partial charge on any atom is 0.223 e. The molecule has 2 N–H and O–H groups in total. The molecular weight excluding hydrogens is 318 g/mol. The number of nitrogens with two attached hydrogens (primary N) is 1. The Balaban J connectivity index is 1.46. The van der Waals surface area contributed by atoms with Gasteiger partial charge in [0.25, 0.3) is 0 Å². The van der Waals surface area contributed by atoms with Crippen molar-refractivity contribution >= 4 is 15.9 Å². The molecule has 0 aliphatic carbocycles. The fourth-order valence-corrected chi connectivity index (χ4v) is 4.97. The zero-order chi connectivity index (χ0) is 16.4. The fourth-order valence-electron chi connectivity index (χ4n) is 4.09. The van der Waals surface area contributed by atoms with Crippen molar-refractivity contribution < 1.29 is 17.9 Å². The summed E-state index contributed by atoms with van der Waals surface area (Å²) >= 11 is 0. The Bertz CT molecular complexity index is 525. The van der Waals surface area contributed by atoms with E-state index in [0.717, 1.165) is 51.9 Å². The zero-order valence-corrected chi connectivity index (χ0v) is 14.3. The van der Waals surface area contributed by atoms with E-state index in [2.05, 4.69) is 4.90 Å². The molecule has 2 unspecified atom stereocenters. The van der Waals surface area contributed by atoms with E-state index in [1.165, 1.54) is 0 Å². The van der Waals surface area contributed by atoms with Crippen molar-refractivity contribution in [1.82, 2.24) is 9.80 Å². The number of primary sulfonamides is 1. The molecule has 2 atom stereocenters. The van der Waals surface area contributed by atoms with Crippen molar-refractivity contribution in [2.24, 2.45) is 11.1 Å². The molecule has 0 radical (unpaired) electrons. The van der Waals surface area contributed by atoms with E-state index in [1.807, 2.05) is 4.90 Å². The Hall–Kier alpha value is -0.700. The first-order valence-electron chi connectivity index (χ1n) is 8.54. The third kappa shape index (κ3) is 4.65. The van der Waals surface area contributed by atoms with Crippen LogP contribution in [0, 0.1) is 5.92 Å². The van der Waals surface area contributed by atoms with E-state index in [-0.39, 0.29) is 23.6 Å². The predicted molar refractivity (Wildman–Crippen MR) is 86.2 cm³/mol. The van der Waals surface area contributed by atoms with Crippen molar-refractivity contribution in [2.45, 2.75) is 44.2 Å². The molecule has 3 fully saturated rings. The molecule has 1 amide bonds. The number of piperidine rings is 1. The van der Waals surface area contributed by atoms with Crippen LogP contribution in [0.5, 0.6) is 0 Å². The molecule has 7 nitrogen and oxygen atoms in total. The first-order valence-corrected chi connectivity index (χ1v) is 10.3. The highest BCUT2D eigenvalue weighted by Gasteiger charge is 2.37. The monoisotopic (exact) mass is 345 g/mol. The van der Waals surface area contributed by atoms with Gasteiger partial charge in [-0.05, 0) is 25.7 Å². The molecule has 3 rings (SSSR count). The topological polar surface area (TPSA) is 92.9 Å². The van der Waals surface area contributed by atoms with E-state index >= 15 is 0 Å². The second kappa shape index (κ2) is 7.04. The van der Waals surface area contributed by atoms with Crippen molar-refractivity contribution in [3.05, 3.63) is 0 Å². The summed E-state index contributed by atoms with van der Waals surface area (Å²) < 4.78 is 28.1. The molecule has 3 heterocycles. The third-order valence-electron chi connectivity index (χ3n) is 5.19. The lowest BCUT2D eigenvalue weighted by molar-refractivity contribution is -0.130. The number of hydrogen-bond donors (Lipinski definition) is 1. The molecular formula is C15H27N3O4S. The van der Waals surface area contributed by atoms with Crippen molar-refractivity contribution in [2.75, 3.05) is 38.5 Å². The van der Waals surface area contributed by atoms with Crippen LogP contribution < -0.4 is 5.14 Å². The van der Waals surface area contributed by atoms with E-state index < -0.39 is 10.0 Å². The van der Waals surface area contributed by atoms with Gasteiger partial charge in [0.05, 0.1) is 11.9 Å². The first-order chi connectivity index (χ1) is 10.9. The molecule has 0 aromatic heterocycles. The quantitative estimate of drug-likeness (QED) is 0.743. The van der Waals surface area contributed by atoms with Gasteiger partial charge < -0.3 is 14.5 Å². The highest BCUT2D eigenvalue weighted by Crippen LogP contribution is 2.26. The summed E-state index contributed by atoms with van der Waals surface area (Å²) in [5, 5.41) is 5.10. The van der Waals surface area contributed by atoms with Crippen LogP contribution in [-0.4, -0.2) is 74.8 Å². The van der Waals surface area contributed by atoms with Crippen molar-refractivity contribution in [3.63, 3.8) is 0 Å². The van der Waals surface area contributed by atoms with E-state index in [0.29, 0.717) is 19.1 Å². The molecule has 23 heavy (non-hydrogen) atoms. The maximum atomic E-state index is 12.2. The Morgan fingerprint density at radius 1 is 1.22 bits per heavy atom. The Morgan fingerprint density at radius 2 is 1.96 bits per heavy atom. The van der Waals surface area contributed by atoms with Gasteiger partial charge in [0.15, 0.2) is 0 Å². The summed E-state index contributed by atoms with van der Waals surface area (Å²) in [6.07, 6.45) is 4.92. The Kier molecular flexibility index (Phi) is 5.25. The number of hydrogen-bond acceptors (Lipinski definition) is 5. The van der Waals surface area contributed by atoms with E-state index in [4.69, 9.17) is 9.88 Å². The smallest absolute Gasteiger partial charge is 0.223 e. The van der Waals surface area contributed by atoms with Gasteiger partial charge in [-0.1, -0.05) is 0 Å². The molecule has 3 aliphatic heterocycles. The van der Waals surface area contributed by atoms with Gasteiger partial charge in [-0.2, -0.15) is 0 Å². The number of carbonyl (C=O) groups excluding carboxylic acids is 1. The summed E-state index contributed by atoms with van der Waals surface area (Å²) in [6.45, 7) is 4.37. The zero-order valence-electron chi connectivity index (χ0n) is 13.5. The van der Waals surface area contributed by atoms with Gasteiger partial charge in [0.1, 0.15) is 0 Å². The lowest BCUT2D eigenvalue weighted by Crippen LogP contribution is -2.47. The number of likely N-dealkylation sites (tertiary alicyclic amines) is 2. The lowest BCUT2D eigenvalue weighted by Gasteiger charge is -2.37. The second-order valence-electron chi connectivity index (χ2n) is 7.11. The summed E-state index contributed by atoms with van der Waals surface area (Å²) in [5.74, 6) is -0.161. The van der Waals surface area contributed by atoms with Crippen LogP contribution in [0.25, 0.3) is 0 Å². The minimum atomic E-state index is -3.51. The molecule has 0 aromatic carbocycles. The normalized spacial score (nSPS) is 31.2. The Morgan fingerprint density at radius 3 is 2.57 bits per heavy atom. The average Bonchev–Trinajstić information content (AvgIpc) is 3.08. The Labute approximate surface area is 138 Å². The average molecular weight is 345 g/mol. The molecule has 3 aliphatic rings. The molecule has 132 valence electrons. The number of sulfonamides is 1. The van der Waals surface area contributed by atoms with E-state index in [1.54, 1.807) is 0 Å². The number of ether oxygens (including phenoxy) is 1. The van der Waals surface area contributed by atoms with Crippen LogP contribution in [0.3, 0.4) is 0 Å². The highest BCUT2D eigenvalue weighted by atomic mass is 32.2. The molecule has 0 bridgehead atoms. The van der Waals surface area contributed by atoms with Crippen molar-refractivity contribution in [3.8, 4) is 0 Å². The summed E-state index contributed by atoms with van der Waals surface area (Å²) in [6, 6.07) is 0.244. The first kappa shape index (κ1) is 17.1.